The van der Waals surface area contributed by atoms with Crippen LogP contribution in [0.4, 0.5) is 0 Å². The minimum Gasteiger partial charge on any atom is -0.306 e. The van der Waals surface area contributed by atoms with Crippen molar-refractivity contribution in [2.45, 2.75) is 77.7 Å². The molecule has 1 rings (SSSR count). The van der Waals surface area contributed by atoms with E-state index in [1.807, 2.05) is 27.7 Å². The molecule has 0 bridgehead atoms. The van der Waals surface area contributed by atoms with Crippen molar-refractivity contribution in [3.8, 4) is 0 Å². The lowest BCUT2D eigenvalue weighted by Crippen LogP contribution is -2.20. The van der Waals surface area contributed by atoms with Gasteiger partial charge in [-0.25, -0.2) is 0 Å². The van der Waals surface area contributed by atoms with Gasteiger partial charge >= 0.3 is 7.60 Å². The molecule has 0 heterocycles. The van der Waals surface area contributed by atoms with Gasteiger partial charge in [-0.1, -0.05) is 19.3 Å². The highest BCUT2D eigenvalue weighted by atomic mass is 31.2. The first-order chi connectivity index (χ1) is 7.44. The summed E-state index contributed by atoms with van der Waals surface area (Å²) in [5.74, 6) is 0. The Balaban J connectivity index is 2.71. The first-order valence-corrected chi connectivity index (χ1v) is 8.02. The fourth-order valence-electron chi connectivity index (χ4n) is 2.18. The summed E-state index contributed by atoms with van der Waals surface area (Å²) in [6.07, 6.45) is 5.45. The van der Waals surface area contributed by atoms with E-state index in [4.69, 9.17) is 9.05 Å². The molecule has 0 aromatic heterocycles. The van der Waals surface area contributed by atoms with Gasteiger partial charge in [0.15, 0.2) is 0 Å². The van der Waals surface area contributed by atoms with Gasteiger partial charge in [0.25, 0.3) is 0 Å². The van der Waals surface area contributed by atoms with Crippen LogP contribution in [-0.4, -0.2) is 17.9 Å². The zero-order chi connectivity index (χ0) is 12.2. The lowest BCUT2D eigenvalue weighted by atomic mass is 10.0. The molecule has 96 valence electrons. The normalized spacial score (nSPS) is 19.6. The van der Waals surface area contributed by atoms with Crippen molar-refractivity contribution in [1.29, 1.82) is 0 Å². The molecular weight excluding hydrogens is 223 g/mol. The van der Waals surface area contributed by atoms with E-state index < -0.39 is 7.60 Å². The van der Waals surface area contributed by atoms with Gasteiger partial charge in [0.2, 0.25) is 0 Å². The topological polar surface area (TPSA) is 35.5 Å². The summed E-state index contributed by atoms with van der Waals surface area (Å²) >= 11 is 0. The monoisotopic (exact) mass is 248 g/mol. The van der Waals surface area contributed by atoms with Crippen LogP contribution >= 0.6 is 7.60 Å². The highest BCUT2D eigenvalue weighted by molar-refractivity contribution is 7.54. The summed E-state index contributed by atoms with van der Waals surface area (Å²) < 4.78 is 24.0. The SMILES string of the molecule is CC(C)OP(=O)(OC(C)C)C1CCCCC1. The lowest BCUT2D eigenvalue weighted by molar-refractivity contribution is 0.133. The summed E-state index contributed by atoms with van der Waals surface area (Å²) in [5.41, 5.74) is 0.117. The van der Waals surface area contributed by atoms with Crippen molar-refractivity contribution in [2.75, 3.05) is 0 Å². The van der Waals surface area contributed by atoms with Crippen molar-refractivity contribution in [2.24, 2.45) is 0 Å². The van der Waals surface area contributed by atoms with E-state index in [9.17, 15) is 4.57 Å². The van der Waals surface area contributed by atoms with E-state index in [2.05, 4.69) is 0 Å². The second-order valence-electron chi connectivity index (χ2n) is 5.14. The van der Waals surface area contributed by atoms with Gasteiger partial charge < -0.3 is 9.05 Å². The predicted octanol–water partition coefficient (Wildman–Crippen LogP) is 4.36. The van der Waals surface area contributed by atoms with E-state index in [1.165, 1.54) is 6.42 Å². The Hall–Kier alpha value is 0.150. The zero-order valence-corrected chi connectivity index (χ0v) is 11.8. The molecule has 0 N–H and O–H groups in total. The molecule has 0 atom stereocenters. The standard InChI is InChI=1S/C12H25O3P/c1-10(2)14-16(13,15-11(3)4)12-8-6-5-7-9-12/h10-12H,5-9H2,1-4H3. The summed E-state index contributed by atoms with van der Waals surface area (Å²) in [6.45, 7) is 7.66. The molecule has 4 heteroatoms. The van der Waals surface area contributed by atoms with Crippen LogP contribution in [0.2, 0.25) is 0 Å². The fraction of sp³-hybridized carbons (Fsp3) is 1.00. The highest BCUT2D eigenvalue weighted by Gasteiger charge is 2.38. The van der Waals surface area contributed by atoms with Crippen molar-refractivity contribution in [3.05, 3.63) is 0 Å². The van der Waals surface area contributed by atoms with Crippen LogP contribution in [0.25, 0.3) is 0 Å². The van der Waals surface area contributed by atoms with Crippen molar-refractivity contribution in [1.82, 2.24) is 0 Å². The molecule has 16 heavy (non-hydrogen) atoms. The molecule has 1 fully saturated rings. The van der Waals surface area contributed by atoms with Crippen LogP contribution in [0.15, 0.2) is 0 Å². The van der Waals surface area contributed by atoms with Crippen LogP contribution < -0.4 is 0 Å². The van der Waals surface area contributed by atoms with Crippen LogP contribution in [0.5, 0.6) is 0 Å². The fourth-order valence-corrected chi connectivity index (χ4v) is 4.75. The summed E-state index contributed by atoms with van der Waals surface area (Å²) in [4.78, 5) is 0. The number of rotatable bonds is 5. The minimum absolute atomic E-state index is 0.0356. The Labute approximate surface area is 99.4 Å². The molecule has 1 aliphatic carbocycles. The van der Waals surface area contributed by atoms with E-state index in [0.29, 0.717) is 0 Å². The molecule has 0 saturated heterocycles. The Bertz CT molecular complexity index is 231. The molecular formula is C12H25O3P. The van der Waals surface area contributed by atoms with Gasteiger partial charge in [-0.2, -0.15) is 0 Å². The second kappa shape index (κ2) is 6.18. The molecule has 0 spiro atoms. The van der Waals surface area contributed by atoms with Crippen LogP contribution in [0, 0.1) is 0 Å². The first-order valence-electron chi connectivity index (χ1n) is 6.40. The summed E-state index contributed by atoms with van der Waals surface area (Å²) in [5, 5.41) is 0. The minimum atomic E-state index is -2.91. The van der Waals surface area contributed by atoms with Gasteiger partial charge in [0, 0.05) is 0 Å². The van der Waals surface area contributed by atoms with Crippen LogP contribution in [-0.2, 0) is 13.6 Å². The summed E-state index contributed by atoms with van der Waals surface area (Å²) in [7, 11) is -2.91. The molecule has 1 saturated carbocycles. The Morgan fingerprint density at radius 1 is 0.938 bits per heavy atom. The maximum absolute atomic E-state index is 12.7. The van der Waals surface area contributed by atoms with E-state index in [-0.39, 0.29) is 17.9 Å². The maximum atomic E-state index is 12.7. The smallest absolute Gasteiger partial charge is 0.306 e. The maximum Gasteiger partial charge on any atom is 0.334 e. The second-order valence-corrected chi connectivity index (χ2v) is 7.37. The van der Waals surface area contributed by atoms with Crippen molar-refractivity contribution >= 4 is 7.60 Å². The Kier molecular flexibility index (Phi) is 5.49. The molecule has 0 aliphatic heterocycles. The van der Waals surface area contributed by atoms with Gasteiger partial charge in [-0.05, 0) is 40.5 Å². The number of hydrogen-bond acceptors (Lipinski definition) is 3. The van der Waals surface area contributed by atoms with E-state index in [1.54, 1.807) is 0 Å². The predicted molar refractivity (Wildman–Crippen MR) is 66.9 cm³/mol. The zero-order valence-electron chi connectivity index (χ0n) is 10.9. The number of hydrogen-bond donors (Lipinski definition) is 0. The third-order valence-electron chi connectivity index (χ3n) is 2.74. The lowest BCUT2D eigenvalue weighted by Gasteiger charge is -2.31. The third-order valence-corrected chi connectivity index (χ3v) is 5.58. The Morgan fingerprint density at radius 2 is 1.38 bits per heavy atom. The largest absolute Gasteiger partial charge is 0.334 e. The third kappa shape index (κ3) is 4.20. The molecule has 0 aromatic carbocycles. The molecule has 0 unspecified atom stereocenters. The van der Waals surface area contributed by atoms with E-state index in [0.717, 1.165) is 25.7 Å². The van der Waals surface area contributed by atoms with E-state index >= 15 is 0 Å². The summed E-state index contributed by atoms with van der Waals surface area (Å²) in [6, 6.07) is 0. The van der Waals surface area contributed by atoms with Crippen molar-refractivity contribution < 1.29 is 13.6 Å². The van der Waals surface area contributed by atoms with Gasteiger partial charge in [-0.3, -0.25) is 4.57 Å². The highest BCUT2D eigenvalue weighted by Crippen LogP contribution is 2.58. The van der Waals surface area contributed by atoms with Crippen LogP contribution in [0.1, 0.15) is 59.8 Å². The molecule has 0 amide bonds. The molecule has 0 radical (unpaired) electrons. The average molecular weight is 248 g/mol. The van der Waals surface area contributed by atoms with Gasteiger partial charge in [0.05, 0.1) is 17.9 Å². The molecule has 1 aliphatic rings. The van der Waals surface area contributed by atoms with Crippen molar-refractivity contribution in [3.63, 3.8) is 0 Å². The van der Waals surface area contributed by atoms with Gasteiger partial charge in [-0.15, -0.1) is 0 Å². The molecule has 3 nitrogen and oxygen atoms in total. The Morgan fingerprint density at radius 3 is 1.75 bits per heavy atom. The quantitative estimate of drug-likeness (QED) is 0.678. The average Bonchev–Trinajstić information content (AvgIpc) is 2.16. The van der Waals surface area contributed by atoms with Crippen LogP contribution in [0.3, 0.4) is 0 Å². The molecule has 0 aromatic rings. The first kappa shape index (κ1) is 14.2. The van der Waals surface area contributed by atoms with Gasteiger partial charge in [0.1, 0.15) is 0 Å².